The molecule has 3 heteroatoms. The highest BCUT2D eigenvalue weighted by Gasteiger charge is 2.17. The van der Waals surface area contributed by atoms with Crippen LogP contribution < -0.4 is 5.32 Å². The highest BCUT2D eigenvalue weighted by molar-refractivity contribution is 4.72. The monoisotopic (exact) mass is 131 g/mol. The molecule has 1 heterocycles. The molecule has 0 aromatic rings. The number of hydrogen-bond acceptors (Lipinski definition) is 3. The summed E-state index contributed by atoms with van der Waals surface area (Å²) in [6.45, 7) is 1.64. The normalized spacial score (nSPS) is 38.0. The van der Waals surface area contributed by atoms with Crippen molar-refractivity contribution >= 4 is 0 Å². The standard InChI is InChI=1S/C6H13NO2/c8-5-1-3-7-4-2-6(5)9/h5-9H,1-4H2. The summed E-state index contributed by atoms with van der Waals surface area (Å²) < 4.78 is 0. The predicted octanol–water partition coefficient (Wildman–Crippen LogP) is -0.908. The number of aliphatic hydroxyl groups excluding tert-OH is 2. The van der Waals surface area contributed by atoms with Gasteiger partial charge in [0.25, 0.3) is 0 Å². The van der Waals surface area contributed by atoms with Gasteiger partial charge in [-0.1, -0.05) is 0 Å². The van der Waals surface area contributed by atoms with Crippen LogP contribution in [-0.4, -0.2) is 35.5 Å². The Morgan fingerprint density at radius 1 is 1.00 bits per heavy atom. The van der Waals surface area contributed by atoms with Crippen molar-refractivity contribution in [3.05, 3.63) is 0 Å². The minimum Gasteiger partial charge on any atom is -0.390 e. The van der Waals surface area contributed by atoms with Crippen molar-refractivity contribution < 1.29 is 10.2 Å². The highest BCUT2D eigenvalue weighted by atomic mass is 16.3. The molecule has 3 N–H and O–H groups in total. The van der Waals surface area contributed by atoms with Gasteiger partial charge in [0.2, 0.25) is 0 Å². The first-order valence-electron chi connectivity index (χ1n) is 3.37. The summed E-state index contributed by atoms with van der Waals surface area (Å²) in [5.74, 6) is 0. The van der Waals surface area contributed by atoms with Gasteiger partial charge in [-0.05, 0) is 25.9 Å². The van der Waals surface area contributed by atoms with E-state index in [2.05, 4.69) is 5.32 Å². The zero-order valence-electron chi connectivity index (χ0n) is 5.38. The van der Waals surface area contributed by atoms with Gasteiger partial charge in [0.1, 0.15) is 0 Å². The van der Waals surface area contributed by atoms with E-state index in [1.54, 1.807) is 0 Å². The molecule has 0 amide bonds. The quantitative estimate of drug-likeness (QED) is 0.399. The Morgan fingerprint density at radius 3 is 1.89 bits per heavy atom. The third-order valence-electron chi connectivity index (χ3n) is 1.68. The summed E-state index contributed by atoms with van der Waals surface area (Å²) in [5, 5.41) is 21.2. The first-order chi connectivity index (χ1) is 4.30. The molecule has 2 unspecified atom stereocenters. The summed E-state index contributed by atoms with van der Waals surface area (Å²) >= 11 is 0. The largest absolute Gasteiger partial charge is 0.390 e. The first-order valence-corrected chi connectivity index (χ1v) is 3.37. The van der Waals surface area contributed by atoms with E-state index in [1.165, 1.54) is 0 Å². The molecule has 1 aliphatic rings. The second-order valence-electron chi connectivity index (χ2n) is 2.46. The van der Waals surface area contributed by atoms with Crippen LogP contribution in [0.2, 0.25) is 0 Å². The molecule has 54 valence electrons. The van der Waals surface area contributed by atoms with Crippen molar-refractivity contribution in [2.24, 2.45) is 0 Å². The maximum Gasteiger partial charge on any atom is 0.0811 e. The van der Waals surface area contributed by atoms with Crippen LogP contribution in [0.3, 0.4) is 0 Å². The zero-order chi connectivity index (χ0) is 6.69. The summed E-state index contributed by atoms with van der Waals surface area (Å²) in [7, 11) is 0. The van der Waals surface area contributed by atoms with Crippen LogP contribution in [-0.2, 0) is 0 Å². The smallest absolute Gasteiger partial charge is 0.0811 e. The van der Waals surface area contributed by atoms with Gasteiger partial charge in [0.15, 0.2) is 0 Å². The average molecular weight is 131 g/mol. The van der Waals surface area contributed by atoms with E-state index in [4.69, 9.17) is 10.2 Å². The van der Waals surface area contributed by atoms with Crippen molar-refractivity contribution in [3.8, 4) is 0 Å². The maximum atomic E-state index is 9.07. The van der Waals surface area contributed by atoms with E-state index in [9.17, 15) is 0 Å². The molecular formula is C6H13NO2. The van der Waals surface area contributed by atoms with Crippen LogP contribution in [0.25, 0.3) is 0 Å². The van der Waals surface area contributed by atoms with Gasteiger partial charge in [-0.3, -0.25) is 0 Å². The molecular weight excluding hydrogens is 118 g/mol. The zero-order valence-corrected chi connectivity index (χ0v) is 5.38. The molecule has 1 aliphatic heterocycles. The number of hydrogen-bond donors (Lipinski definition) is 3. The Labute approximate surface area is 54.7 Å². The summed E-state index contributed by atoms with van der Waals surface area (Å²) in [6.07, 6.45) is 0.308. The molecule has 2 atom stereocenters. The topological polar surface area (TPSA) is 52.5 Å². The third-order valence-corrected chi connectivity index (χ3v) is 1.68. The van der Waals surface area contributed by atoms with Gasteiger partial charge >= 0.3 is 0 Å². The van der Waals surface area contributed by atoms with Crippen molar-refractivity contribution in [3.63, 3.8) is 0 Å². The highest BCUT2D eigenvalue weighted by Crippen LogP contribution is 2.04. The molecule has 0 spiro atoms. The van der Waals surface area contributed by atoms with E-state index in [0.717, 1.165) is 13.1 Å². The van der Waals surface area contributed by atoms with E-state index in [0.29, 0.717) is 12.8 Å². The average Bonchev–Trinajstić information content (AvgIpc) is 1.99. The first kappa shape index (κ1) is 6.99. The van der Waals surface area contributed by atoms with Crippen molar-refractivity contribution in [2.75, 3.05) is 13.1 Å². The van der Waals surface area contributed by atoms with Crippen molar-refractivity contribution in [2.45, 2.75) is 25.0 Å². The second kappa shape index (κ2) is 3.15. The lowest BCUT2D eigenvalue weighted by molar-refractivity contribution is 0.0187. The van der Waals surface area contributed by atoms with E-state index >= 15 is 0 Å². The Hall–Kier alpha value is -0.120. The SMILES string of the molecule is OC1CCNCCC1O. The molecule has 0 radical (unpaired) electrons. The molecule has 0 aromatic heterocycles. The Balaban J connectivity index is 2.32. The van der Waals surface area contributed by atoms with Crippen LogP contribution in [0.5, 0.6) is 0 Å². The Kier molecular flexibility index (Phi) is 2.45. The van der Waals surface area contributed by atoms with E-state index in [1.807, 2.05) is 0 Å². The van der Waals surface area contributed by atoms with E-state index < -0.39 is 12.2 Å². The van der Waals surface area contributed by atoms with Gasteiger partial charge in [-0.15, -0.1) is 0 Å². The van der Waals surface area contributed by atoms with Crippen molar-refractivity contribution in [1.29, 1.82) is 0 Å². The molecule has 1 saturated heterocycles. The minimum absolute atomic E-state index is 0.514. The summed E-state index contributed by atoms with van der Waals surface area (Å²) in [6, 6.07) is 0. The molecule has 0 aromatic carbocycles. The lowest BCUT2D eigenvalue weighted by Crippen LogP contribution is -2.24. The van der Waals surface area contributed by atoms with Crippen molar-refractivity contribution in [1.82, 2.24) is 5.32 Å². The fourth-order valence-electron chi connectivity index (χ4n) is 1.01. The molecule has 0 aliphatic carbocycles. The Bertz CT molecular complexity index is 77.1. The molecule has 0 saturated carbocycles. The van der Waals surface area contributed by atoms with Gasteiger partial charge in [-0.25, -0.2) is 0 Å². The lowest BCUT2D eigenvalue weighted by Gasteiger charge is -2.11. The van der Waals surface area contributed by atoms with Gasteiger partial charge < -0.3 is 15.5 Å². The van der Waals surface area contributed by atoms with Crippen LogP contribution >= 0.6 is 0 Å². The molecule has 9 heavy (non-hydrogen) atoms. The number of rotatable bonds is 0. The number of nitrogens with one attached hydrogen (secondary N) is 1. The molecule has 1 fully saturated rings. The lowest BCUT2D eigenvalue weighted by atomic mass is 10.1. The van der Waals surface area contributed by atoms with Crippen LogP contribution in [0, 0.1) is 0 Å². The molecule has 3 nitrogen and oxygen atoms in total. The summed E-state index contributed by atoms with van der Waals surface area (Å²) in [5.41, 5.74) is 0. The molecule has 1 rings (SSSR count). The molecule has 0 bridgehead atoms. The van der Waals surface area contributed by atoms with Gasteiger partial charge in [0.05, 0.1) is 12.2 Å². The fourth-order valence-corrected chi connectivity index (χ4v) is 1.01. The minimum atomic E-state index is -0.514. The van der Waals surface area contributed by atoms with Crippen LogP contribution in [0.4, 0.5) is 0 Å². The Morgan fingerprint density at radius 2 is 1.44 bits per heavy atom. The van der Waals surface area contributed by atoms with Crippen LogP contribution in [0.1, 0.15) is 12.8 Å². The third kappa shape index (κ3) is 1.93. The van der Waals surface area contributed by atoms with Crippen LogP contribution in [0.15, 0.2) is 0 Å². The number of aliphatic hydroxyl groups is 2. The van der Waals surface area contributed by atoms with Gasteiger partial charge in [0, 0.05) is 0 Å². The maximum absolute atomic E-state index is 9.07. The second-order valence-corrected chi connectivity index (χ2v) is 2.46. The summed E-state index contributed by atoms with van der Waals surface area (Å²) in [4.78, 5) is 0. The predicted molar refractivity (Wildman–Crippen MR) is 34.1 cm³/mol. The van der Waals surface area contributed by atoms with E-state index in [-0.39, 0.29) is 0 Å². The van der Waals surface area contributed by atoms with Gasteiger partial charge in [-0.2, -0.15) is 0 Å². The fraction of sp³-hybridized carbons (Fsp3) is 1.00.